The quantitative estimate of drug-likeness (QED) is 0.476. The first kappa shape index (κ1) is 22.9. The van der Waals surface area contributed by atoms with E-state index in [1.54, 1.807) is 37.3 Å². The van der Waals surface area contributed by atoms with E-state index in [1.807, 2.05) is 19.1 Å². The van der Waals surface area contributed by atoms with Crippen molar-refractivity contribution in [3.63, 3.8) is 0 Å². The first-order chi connectivity index (χ1) is 14.6. The Morgan fingerprint density at radius 1 is 1.06 bits per heavy atom. The molecule has 0 aliphatic heterocycles. The Balaban J connectivity index is 1.97. The molecule has 0 saturated heterocycles. The molecular weight excluding hydrogens is 414 g/mol. The lowest BCUT2D eigenvalue weighted by molar-refractivity contribution is 0.0526. The topological polar surface area (TPSA) is 85.6 Å². The first-order valence-electron chi connectivity index (χ1n) is 10.4. The van der Waals surface area contributed by atoms with E-state index in [4.69, 9.17) is 9.15 Å². The molecule has 7 heteroatoms. The van der Waals surface area contributed by atoms with E-state index in [0.29, 0.717) is 34.4 Å². The van der Waals surface area contributed by atoms with Crippen LogP contribution in [-0.2, 0) is 26.6 Å². The lowest BCUT2D eigenvalue weighted by Gasteiger charge is -2.19. The molecule has 0 bridgehead atoms. The fraction of sp³-hybridized carbons (Fsp3) is 0.375. The molecule has 0 unspecified atom stereocenters. The molecule has 166 valence electrons. The number of sulfonamides is 1. The van der Waals surface area contributed by atoms with E-state index in [2.05, 4.69) is 25.5 Å². The number of hydrogen-bond acceptors (Lipinski definition) is 5. The minimum atomic E-state index is -3.79. The maximum atomic E-state index is 12.9. The highest BCUT2D eigenvalue weighted by molar-refractivity contribution is 7.92. The zero-order chi connectivity index (χ0) is 22.8. The van der Waals surface area contributed by atoms with Crippen LogP contribution in [0.5, 0.6) is 0 Å². The average Bonchev–Trinajstić information content (AvgIpc) is 3.05. The lowest BCUT2D eigenvalue weighted by atomic mass is 9.87. The Morgan fingerprint density at radius 3 is 2.32 bits per heavy atom. The van der Waals surface area contributed by atoms with Gasteiger partial charge in [-0.2, -0.15) is 0 Å². The van der Waals surface area contributed by atoms with Gasteiger partial charge in [-0.05, 0) is 54.7 Å². The molecule has 1 heterocycles. The highest BCUT2D eigenvalue weighted by atomic mass is 32.2. The van der Waals surface area contributed by atoms with Crippen LogP contribution in [0.2, 0.25) is 0 Å². The van der Waals surface area contributed by atoms with E-state index in [0.717, 1.165) is 12.0 Å². The van der Waals surface area contributed by atoms with Gasteiger partial charge in [-0.25, -0.2) is 13.2 Å². The number of carbonyl (C=O) groups excluding carboxylic acids is 1. The summed E-state index contributed by atoms with van der Waals surface area (Å²) in [6, 6.07) is 11.7. The third kappa shape index (κ3) is 4.93. The zero-order valence-electron chi connectivity index (χ0n) is 18.6. The van der Waals surface area contributed by atoms with Gasteiger partial charge >= 0.3 is 5.97 Å². The number of aryl methyl sites for hydroxylation is 1. The van der Waals surface area contributed by atoms with Gasteiger partial charge in [-0.1, -0.05) is 39.8 Å². The number of fused-ring (bicyclic) bond motifs is 1. The van der Waals surface area contributed by atoms with Gasteiger partial charge in [0.05, 0.1) is 11.5 Å². The molecule has 0 radical (unpaired) electrons. The van der Waals surface area contributed by atoms with Crippen LogP contribution in [0.15, 0.2) is 51.8 Å². The number of benzene rings is 2. The van der Waals surface area contributed by atoms with Gasteiger partial charge in [0.2, 0.25) is 0 Å². The molecule has 0 amide bonds. The average molecular weight is 444 g/mol. The van der Waals surface area contributed by atoms with Gasteiger partial charge in [0, 0.05) is 17.5 Å². The van der Waals surface area contributed by atoms with Gasteiger partial charge in [-0.3, -0.25) is 4.72 Å². The van der Waals surface area contributed by atoms with Crippen molar-refractivity contribution in [1.29, 1.82) is 0 Å². The van der Waals surface area contributed by atoms with Crippen molar-refractivity contribution in [2.24, 2.45) is 0 Å². The summed E-state index contributed by atoms with van der Waals surface area (Å²) in [5, 5.41) is 0.533. The van der Waals surface area contributed by atoms with E-state index >= 15 is 0 Å². The smallest absolute Gasteiger partial charge is 0.342 e. The monoisotopic (exact) mass is 443 g/mol. The SMILES string of the molecule is CCCc1oc2ccc(NS(=O)(=O)c3ccc(C(C)(C)C)cc3)cc2c1C(=O)OCC. The highest BCUT2D eigenvalue weighted by Gasteiger charge is 2.23. The highest BCUT2D eigenvalue weighted by Crippen LogP contribution is 2.31. The molecule has 0 atom stereocenters. The second-order valence-electron chi connectivity index (χ2n) is 8.46. The Bertz CT molecular complexity index is 1190. The van der Waals surface area contributed by atoms with Crippen molar-refractivity contribution in [2.45, 2.75) is 57.8 Å². The summed E-state index contributed by atoms with van der Waals surface area (Å²) in [5.74, 6) is 0.0798. The van der Waals surface area contributed by atoms with Gasteiger partial charge in [0.1, 0.15) is 16.9 Å². The molecule has 0 saturated carbocycles. The van der Waals surface area contributed by atoms with Gasteiger partial charge in [-0.15, -0.1) is 0 Å². The summed E-state index contributed by atoms with van der Waals surface area (Å²) in [6.07, 6.45) is 1.39. The first-order valence-corrected chi connectivity index (χ1v) is 11.9. The van der Waals surface area contributed by atoms with E-state index in [1.165, 1.54) is 0 Å². The van der Waals surface area contributed by atoms with Crippen molar-refractivity contribution in [3.8, 4) is 0 Å². The van der Waals surface area contributed by atoms with E-state index in [-0.39, 0.29) is 16.9 Å². The minimum Gasteiger partial charge on any atom is -0.462 e. The molecule has 1 aromatic heterocycles. The van der Waals surface area contributed by atoms with Crippen LogP contribution >= 0.6 is 0 Å². The van der Waals surface area contributed by atoms with Crippen molar-refractivity contribution in [1.82, 2.24) is 0 Å². The normalized spacial score (nSPS) is 12.2. The molecule has 0 aliphatic carbocycles. The molecule has 31 heavy (non-hydrogen) atoms. The van der Waals surface area contributed by atoms with Gasteiger partial charge < -0.3 is 9.15 Å². The van der Waals surface area contributed by atoms with Gasteiger partial charge in [0.15, 0.2) is 0 Å². The molecule has 3 aromatic rings. The number of carbonyl (C=O) groups is 1. The van der Waals surface area contributed by atoms with E-state index in [9.17, 15) is 13.2 Å². The van der Waals surface area contributed by atoms with Crippen molar-refractivity contribution < 1.29 is 22.4 Å². The lowest BCUT2D eigenvalue weighted by Crippen LogP contribution is -2.15. The molecule has 3 rings (SSSR count). The zero-order valence-corrected chi connectivity index (χ0v) is 19.4. The van der Waals surface area contributed by atoms with Crippen LogP contribution in [0, 0.1) is 0 Å². The molecule has 1 N–H and O–H groups in total. The standard InChI is InChI=1S/C24H29NO5S/c1-6-8-21-22(23(26)29-7-2)19-15-17(11-14-20(19)30-21)25-31(27,28)18-12-9-16(10-13-18)24(3,4)5/h9-15,25H,6-8H2,1-5H3. The molecule has 0 aliphatic rings. The number of hydrogen-bond donors (Lipinski definition) is 1. The van der Waals surface area contributed by atoms with Crippen LogP contribution in [-0.4, -0.2) is 21.0 Å². The van der Waals surface area contributed by atoms with Crippen LogP contribution in [0.4, 0.5) is 5.69 Å². The third-order valence-corrected chi connectivity index (χ3v) is 6.40. The van der Waals surface area contributed by atoms with Crippen molar-refractivity contribution in [2.75, 3.05) is 11.3 Å². The Hall–Kier alpha value is -2.80. The minimum absolute atomic E-state index is 0.0677. The number of anilines is 1. The number of ether oxygens (including phenoxy) is 1. The molecule has 0 spiro atoms. The van der Waals surface area contributed by atoms with Crippen LogP contribution in [0.25, 0.3) is 11.0 Å². The summed E-state index contributed by atoms with van der Waals surface area (Å²) < 4.78 is 39.4. The van der Waals surface area contributed by atoms with E-state index < -0.39 is 16.0 Å². The predicted molar refractivity (Wildman–Crippen MR) is 122 cm³/mol. The Kier molecular flexibility index (Phi) is 6.46. The van der Waals surface area contributed by atoms with Crippen LogP contribution < -0.4 is 4.72 Å². The molecular formula is C24H29NO5S. The fourth-order valence-electron chi connectivity index (χ4n) is 3.39. The Morgan fingerprint density at radius 2 is 1.74 bits per heavy atom. The second-order valence-corrected chi connectivity index (χ2v) is 10.1. The number of furan rings is 1. The second kappa shape index (κ2) is 8.75. The summed E-state index contributed by atoms with van der Waals surface area (Å²) in [6.45, 7) is 10.2. The maximum Gasteiger partial charge on any atom is 0.342 e. The summed E-state index contributed by atoms with van der Waals surface area (Å²) in [7, 11) is -3.79. The van der Waals surface area contributed by atoms with Gasteiger partial charge in [0.25, 0.3) is 10.0 Å². The number of esters is 1. The number of rotatable bonds is 7. The molecule has 2 aromatic carbocycles. The summed E-state index contributed by atoms with van der Waals surface area (Å²) in [4.78, 5) is 12.7. The molecule has 6 nitrogen and oxygen atoms in total. The Labute approximate surface area is 183 Å². The van der Waals surface area contributed by atoms with Crippen molar-refractivity contribution in [3.05, 3.63) is 59.4 Å². The van der Waals surface area contributed by atoms with Crippen molar-refractivity contribution >= 4 is 32.6 Å². The third-order valence-electron chi connectivity index (χ3n) is 5.00. The summed E-state index contributed by atoms with van der Waals surface area (Å²) >= 11 is 0. The maximum absolute atomic E-state index is 12.9. The fourth-order valence-corrected chi connectivity index (χ4v) is 4.44. The predicted octanol–water partition coefficient (Wildman–Crippen LogP) is 5.66. The number of nitrogens with one attached hydrogen (secondary N) is 1. The van der Waals surface area contributed by atoms with Crippen LogP contribution in [0.1, 0.15) is 62.7 Å². The molecule has 0 fully saturated rings. The van der Waals surface area contributed by atoms with Crippen LogP contribution in [0.3, 0.4) is 0 Å². The largest absolute Gasteiger partial charge is 0.462 e. The summed E-state index contributed by atoms with van der Waals surface area (Å²) in [5.41, 5.74) is 2.20.